The first-order chi connectivity index (χ1) is 7.24. The molecule has 0 aliphatic rings. The zero-order valence-electron chi connectivity index (χ0n) is 9.89. The summed E-state index contributed by atoms with van der Waals surface area (Å²) < 4.78 is 10.6. The third-order valence-electron chi connectivity index (χ3n) is 2.43. The van der Waals surface area contributed by atoms with Gasteiger partial charge in [-0.05, 0) is 19.5 Å². The minimum Gasteiger partial charge on any atom is -0.496 e. The van der Waals surface area contributed by atoms with Crippen molar-refractivity contribution in [2.75, 3.05) is 20.8 Å². The number of rotatable bonds is 5. The highest BCUT2D eigenvalue weighted by atomic mass is 16.5. The molecule has 0 atom stereocenters. The van der Waals surface area contributed by atoms with E-state index in [1.807, 2.05) is 19.1 Å². The maximum atomic E-state index is 5.40. The number of ether oxygens (including phenoxy) is 2. The molecule has 1 aromatic rings. The topological polar surface area (TPSA) is 30.5 Å². The summed E-state index contributed by atoms with van der Waals surface area (Å²) >= 11 is 0. The van der Waals surface area contributed by atoms with Crippen molar-refractivity contribution in [3.05, 3.63) is 23.3 Å². The van der Waals surface area contributed by atoms with Crippen molar-refractivity contribution in [3.63, 3.8) is 0 Å². The summed E-state index contributed by atoms with van der Waals surface area (Å²) in [7, 11) is 3.36. The number of hydrogen-bond donors (Lipinski definition) is 1. The SMILES string of the molecule is CCNCc1ccc(OC)c(C)c1OC. The Labute approximate surface area is 91.4 Å². The van der Waals surface area contributed by atoms with Crippen LogP contribution in [0.25, 0.3) is 0 Å². The summed E-state index contributed by atoms with van der Waals surface area (Å²) in [5.41, 5.74) is 2.22. The molecule has 1 rings (SSSR count). The van der Waals surface area contributed by atoms with Gasteiger partial charge in [0.2, 0.25) is 0 Å². The van der Waals surface area contributed by atoms with Crippen molar-refractivity contribution in [3.8, 4) is 11.5 Å². The molecule has 0 saturated carbocycles. The first kappa shape index (κ1) is 11.9. The molecule has 0 amide bonds. The Bertz CT molecular complexity index is 324. The standard InChI is InChI=1S/C12H19NO2/c1-5-13-8-10-6-7-11(14-3)9(2)12(10)15-4/h6-7,13H,5,8H2,1-4H3. The van der Waals surface area contributed by atoms with E-state index in [2.05, 4.69) is 12.2 Å². The first-order valence-electron chi connectivity index (χ1n) is 5.15. The van der Waals surface area contributed by atoms with Crippen LogP contribution in [0.3, 0.4) is 0 Å². The lowest BCUT2D eigenvalue weighted by Crippen LogP contribution is -2.13. The summed E-state index contributed by atoms with van der Waals surface area (Å²) in [6, 6.07) is 4.01. The van der Waals surface area contributed by atoms with Gasteiger partial charge in [0.05, 0.1) is 14.2 Å². The Kier molecular flexibility index (Phi) is 4.43. The molecule has 0 radical (unpaired) electrons. The largest absolute Gasteiger partial charge is 0.496 e. The van der Waals surface area contributed by atoms with Crippen LogP contribution in [-0.2, 0) is 6.54 Å². The van der Waals surface area contributed by atoms with Gasteiger partial charge in [-0.1, -0.05) is 13.0 Å². The van der Waals surface area contributed by atoms with E-state index in [4.69, 9.17) is 9.47 Å². The van der Waals surface area contributed by atoms with Crippen LogP contribution in [0, 0.1) is 6.92 Å². The molecular weight excluding hydrogens is 190 g/mol. The monoisotopic (exact) mass is 209 g/mol. The molecule has 0 aliphatic heterocycles. The summed E-state index contributed by atoms with van der Waals surface area (Å²) in [5.74, 6) is 1.78. The van der Waals surface area contributed by atoms with Gasteiger partial charge in [-0.25, -0.2) is 0 Å². The summed E-state index contributed by atoms with van der Waals surface area (Å²) in [6.45, 7) is 5.87. The van der Waals surface area contributed by atoms with E-state index in [1.165, 1.54) is 0 Å². The third-order valence-corrected chi connectivity index (χ3v) is 2.43. The molecule has 0 spiro atoms. The number of methoxy groups -OCH3 is 2. The predicted molar refractivity (Wildman–Crippen MR) is 61.7 cm³/mol. The average molecular weight is 209 g/mol. The first-order valence-corrected chi connectivity index (χ1v) is 5.15. The molecule has 3 heteroatoms. The van der Waals surface area contributed by atoms with Crippen molar-refractivity contribution in [2.45, 2.75) is 20.4 Å². The van der Waals surface area contributed by atoms with E-state index >= 15 is 0 Å². The van der Waals surface area contributed by atoms with E-state index in [9.17, 15) is 0 Å². The minimum atomic E-state index is 0.824. The molecule has 84 valence electrons. The van der Waals surface area contributed by atoms with E-state index in [0.29, 0.717) is 0 Å². The predicted octanol–water partition coefficient (Wildman–Crippen LogP) is 2.12. The molecule has 15 heavy (non-hydrogen) atoms. The zero-order chi connectivity index (χ0) is 11.3. The van der Waals surface area contributed by atoms with Crippen LogP contribution in [0.1, 0.15) is 18.1 Å². The number of hydrogen-bond acceptors (Lipinski definition) is 3. The lowest BCUT2D eigenvalue weighted by atomic mass is 10.1. The average Bonchev–Trinajstić information content (AvgIpc) is 2.26. The van der Waals surface area contributed by atoms with Crippen LogP contribution in [0.2, 0.25) is 0 Å². The lowest BCUT2D eigenvalue weighted by Gasteiger charge is -2.14. The van der Waals surface area contributed by atoms with Crippen LogP contribution in [0.5, 0.6) is 11.5 Å². The maximum absolute atomic E-state index is 5.40. The molecule has 0 heterocycles. The second-order valence-corrected chi connectivity index (χ2v) is 3.37. The molecule has 0 aromatic heterocycles. The lowest BCUT2D eigenvalue weighted by molar-refractivity contribution is 0.384. The molecule has 1 aromatic carbocycles. The van der Waals surface area contributed by atoms with Crippen molar-refractivity contribution in [1.82, 2.24) is 5.32 Å². The van der Waals surface area contributed by atoms with Crippen LogP contribution in [0.4, 0.5) is 0 Å². The van der Waals surface area contributed by atoms with Crippen molar-refractivity contribution < 1.29 is 9.47 Å². The highest BCUT2D eigenvalue weighted by molar-refractivity contribution is 5.49. The van der Waals surface area contributed by atoms with Crippen LogP contribution in [0.15, 0.2) is 12.1 Å². The third kappa shape index (κ3) is 2.63. The van der Waals surface area contributed by atoms with Gasteiger partial charge in [0.1, 0.15) is 11.5 Å². The highest BCUT2D eigenvalue weighted by Crippen LogP contribution is 2.30. The minimum absolute atomic E-state index is 0.824. The van der Waals surface area contributed by atoms with Crippen LogP contribution >= 0.6 is 0 Å². The normalized spacial score (nSPS) is 10.1. The van der Waals surface area contributed by atoms with E-state index in [1.54, 1.807) is 14.2 Å². The Morgan fingerprint density at radius 1 is 1.20 bits per heavy atom. The molecule has 0 bridgehead atoms. The van der Waals surface area contributed by atoms with E-state index in [-0.39, 0.29) is 0 Å². The van der Waals surface area contributed by atoms with Gasteiger partial charge >= 0.3 is 0 Å². The Morgan fingerprint density at radius 2 is 1.93 bits per heavy atom. The molecule has 0 saturated heterocycles. The smallest absolute Gasteiger partial charge is 0.129 e. The van der Waals surface area contributed by atoms with Gasteiger partial charge in [0, 0.05) is 17.7 Å². The molecule has 0 unspecified atom stereocenters. The number of benzene rings is 1. The van der Waals surface area contributed by atoms with Crippen molar-refractivity contribution in [1.29, 1.82) is 0 Å². The van der Waals surface area contributed by atoms with E-state index < -0.39 is 0 Å². The quantitative estimate of drug-likeness (QED) is 0.805. The Hall–Kier alpha value is -1.22. The van der Waals surface area contributed by atoms with Crippen LogP contribution in [-0.4, -0.2) is 20.8 Å². The fraction of sp³-hybridized carbons (Fsp3) is 0.500. The van der Waals surface area contributed by atoms with Crippen molar-refractivity contribution in [2.24, 2.45) is 0 Å². The summed E-state index contributed by atoms with van der Waals surface area (Å²) in [5, 5.41) is 3.28. The van der Waals surface area contributed by atoms with Gasteiger partial charge in [-0.15, -0.1) is 0 Å². The fourth-order valence-electron chi connectivity index (χ4n) is 1.63. The summed E-state index contributed by atoms with van der Waals surface area (Å²) in [6.07, 6.45) is 0. The van der Waals surface area contributed by atoms with Gasteiger partial charge in [0.15, 0.2) is 0 Å². The van der Waals surface area contributed by atoms with Gasteiger partial charge in [-0.3, -0.25) is 0 Å². The van der Waals surface area contributed by atoms with Crippen LogP contribution < -0.4 is 14.8 Å². The Balaban J connectivity index is 3.01. The van der Waals surface area contributed by atoms with Gasteiger partial charge < -0.3 is 14.8 Å². The van der Waals surface area contributed by atoms with Gasteiger partial charge in [0.25, 0.3) is 0 Å². The molecule has 0 aliphatic carbocycles. The molecular formula is C12H19NO2. The highest BCUT2D eigenvalue weighted by Gasteiger charge is 2.10. The second-order valence-electron chi connectivity index (χ2n) is 3.37. The molecule has 0 fully saturated rings. The van der Waals surface area contributed by atoms with Gasteiger partial charge in [-0.2, -0.15) is 0 Å². The zero-order valence-corrected chi connectivity index (χ0v) is 9.89. The van der Waals surface area contributed by atoms with E-state index in [0.717, 1.165) is 35.7 Å². The molecule has 1 N–H and O–H groups in total. The summed E-state index contributed by atoms with van der Waals surface area (Å²) in [4.78, 5) is 0. The second kappa shape index (κ2) is 5.61. The Morgan fingerprint density at radius 3 is 2.47 bits per heavy atom. The molecule has 3 nitrogen and oxygen atoms in total. The maximum Gasteiger partial charge on any atom is 0.129 e. The number of nitrogens with one attached hydrogen (secondary N) is 1. The van der Waals surface area contributed by atoms with Crippen molar-refractivity contribution >= 4 is 0 Å². The fourth-order valence-corrected chi connectivity index (χ4v) is 1.63.